The summed E-state index contributed by atoms with van der Waals surface area (Å²) in [7, 11) is 0. The Kier molecular flexibility index (Phi) is 3.73. The molecule has 0 saturated heterocycles. The van der Waals surface area contributed by atoms with E-state index in [1.165, 1.54) is 0 Å². The molecule has 2 N–H and O–H groups in total. The molecule has 110 valence electrons. The Bertz CT molecular complexity index is 788. The van der Waals surface area contributed by atoms with Crippen molar-refractivity contribution in [2.75, 3.05) is 0 Å². The van der Waals surface area contributed by atoms with Gasteiger partial charge in [-0.3, -0.25) is 0 Å². The summed E-state index contributed by atoms with van der Waals surface area (Å²) in [6.45, 7) is 6.17. The second kappa shape index (κ2) is 5.40. The maximum absolute atomic E-state index is 6.36. The van der Waals surface area contributed by atoms with Crippen LogP contribution in [0.1, 0.15) is 37.9 Å². The first-order valence-electron chi connectivity index (χ1n) is 6.87. The number of rotatable bonds is 3. The standard InChI is InChI=1S/C15H17ClN4S/c1-8(2)20-13-10(16)5-4-6-11(13)18-14(20)12-7-21-15(19-12)9(3)17/h4-9H,17H2,1-3H3. The summed E-state index contributed by atoms with van der Waals surface area (Å²) < 4.78 is 2.14. The molecule has 0 saturated carbocycles. The van der Waals surface area contributed by atoms with Crippen molar-refractivity contribution in [1.82, 2.24) is 14.5 Å². The third-order valence-corrected chi connectivity index (χ3v) is 4.67. The van der Waals surface area contributed by atoms with Crippen LogP contribution < -0.4 is 5.73 Å². The molecule has 6 heteroatoms. The van der Waals surface area contributed by atoms with Gasteiger partial charge in [-0.2, -0.15) is 0 Å². The van der Waals surface area contributed by atoms with E-state index in [0.29, 0.717) is 5.02 Å². The molecule has 3 rings (SSSR count). The largest absolute Gasteiger partial charge is 0.322 e. The first-order valence-corrected chi connectivity index (χ1v) is 8.12. The van der Waals surface area contributed by atoms with Crippen LogP contribution in [0.5, 0.6) is 0 Å². The van der Waals surface area contributed by atoms with Gasteiger partial charge in [0.25, 0.3) is 0 Å². The lowest BCUT2D eigenvalue weighted by molar-refractivity contribution is 0.623. The summed E-state index contributed by atoms with van der Waals surface area (Å²) in [5.41, 5.74) is 8.60. The van der Waals surface area contributed by atoms with Gasteiger partial charge in [0.05, 0.1) is 22.1 Å². The molecular formula is C15H17ClN4S. The van der Waals surface area contributed by atoms with E-state index in [4.69, 9.17) is 22.3 Å². The first-order chi connectivity index (χ1) is 9.99. The fourth-order valence-electron chi connectivity index (χ4n) is 2.39. The van der Waals surface area contributed by atoms with Crippen LogP contribution in [0.15, 0.2) is 23.6 Å². The molecule has 2 heterocycles. The van der Waals surface area contributed by atoms with Crippen LogP contribution in [0.3, 0.4) is 0 Å². The molecular weight excluding hydrogens is 304 g/mol. The lowest BCUT2D eigenvalue weighted by Gasteiger charge is -2.12. The Balaban J connectivity index is 2.26. The summed E-state index contributed by atoms with van der Waals surface area (Å²) >= 11 is 7.93. The maximum atomic E-state index is 6.36. The first kappa shape index (κ1) is 14.5. The van der Waals surface area contributed by atoms with Crippen LogP contribution in [0, 0.1) is 0 Å². The van der Waals surface area contributed by atoms with E-state index in [2.05, 4.69) is 23.4 Å². The molecule has 1 atom stereocenters. The zero-order valence-corrected chi connectivity index (χ0v) is 13.7. The Morgan fingerprint density at radius 3 is 2.62 bits per heavy atom. The van der Waals surface area contributed by atoms with Crippen LogP contribution in [0.4, 0.5) is 0 Å². The number of fused-ring (bicyclic) bond motifs is 1. The van der Waals surface area contributed by atoms with Gasteiger partial charge in [0.2, 0.25) is 0 Å². The van der Waals surface area contributed by atoms with Crippen molar-refractivity contribution in [2.45, 2.75) is 32.9 Å². The van der Waals surface area contributed by atoms with E-state index >= 15 is 0 Å². The van der Waals surface area contributed by atoms with Gasteiger partial charge in [0, 0.05) is 11.4 Å². The monoisotopic (exact) mass is 320 g/mol. The lowest BCUT2D eigenvalue weighted by atomic mass is 10.3. The number of nitrogens with two attached hydrogens (primary N) is 1. The highest BCUT2D eigenvalue weighted by atomic mass is 35.5. The number of hydrogen-bond donors (Lipinski definition) is 1. The molecule has 0 bridgehead atoms. The highest BCUT2D eigenvalue weighted by Crippen LogP contribution is 2.33. The van der Waals surface area contributed by atoms with Gasteiger partial charge in [0.15, 0.2) is 5.82 Å². The minimum absolute atomic E-state index is 0.0655. The van der Waals surface area contributed by atoms with Crippen LogP contribution in [-0.4, -0.2) is 14.5 Å². The molecule has 1 aromatic carbocycles. The van der Waals surface area contributed by atoms with Crippen LogP contribution in [-0.2, 0) is 0 Å². The number of aromatic nitrogens is 3. The highest BCUT2D eigenvalue weighted by Gasteiger charge is 2.19. The Morgan fingerprint density at radius 2 is 2.00 bits per heavy atom. The van der Waals surface area contributed by atoms with E-state index < -0.39 is 0 Å². The summed E-state index contributed by atoms with van der Waals surface area (Å²) in [5.74, 6) is 0.844. The number of benzene rings is 1. The van der Waals surface area contributed by atoms with Crippen molar-refractivity contribution in [3.8, 4) is 11.5 Å². The second-order valence-corrected chi connectivity index (χ2v) is 6.66. The molecule has 4 nitrogen and oxygen atoms in total. The molecule has 0 fully saturated rings. The fourth-order valence-corrected chi connectivity index (χ4v) is 3.41. The molecule has 21 heavy (non-hydrogen) atoms. The van der Waals surface area contributed by atoms with Crippen molar-refractivity contribution in [1.29, 1.82) is 0 Å². The minimum Gasteiger partial charge on any atom is -0.322 e. The van der Waals surface area contributed by atoms with Gasteiger partial charge >= 0.3 is 0 Å². The molecule has 0 radical (unpaired) electrons. The topological polar surface area (TPSA) is 56.7 Å². The van der Waals surface area contributed by atoms with Gasteiger partial charge in [-0.1, -0.05) is 17.7 Å². The summed E-state index contributed by atoms with van der Waals surface area (Å²) in [4.78, 5) is 9.33. The van der Waals surface area contributed by atoms with E-state index in [9.17, 15) is 0 Å². The number of nitrogens with zero attached hydrogens (tertiary/aromatic N) is 3. The van der Waals surface area contributed by atoms with Crippen molar-refractivity contribution < 1.29 is 0 Å². The summed E-state index contributed by atoms with van der Waals surface area (Å²) in [6, 6.07) is 5.96. The normalized spacial score (nSPS) is 13.2. The van der Waals surface area contributed by atoms with Crippen molar-refractivity contribution in [3.05, 3.63) is 33.6 Å². The number of thiazole rings is 1. The number of hydrogen-bond acceptors (Lipinski definition) is 4. The predicted molar refractivity (Wildman–Crippen MR) is 88.8 cm³/mol. The predicted octanol–water partition coefficient (Wildman–Crippen LogP) is 4.41. The van der Waals surface area contributed by atoms with Crippen molar-refractivity contribution in [3.63, 3.8) is 0 Å². The summed E-state index contributed by atoms with van der Waals surface area (Å²) in [5, 5.41) is 3.63. The van der Waals surface area contributed by atoms with Gasteiger partial charge in [-0.25, -0.2) is 9.97 Å². The Hall–Kier alpha value is -1.43. The minimum atomic E-state index is -0.0655. The number of imidazole rings is 1. The molecule has 2 aromatic heterocycles. The third-order valence-electron chi connectivity index (χ3n) is 3.32. The molecule has 0 spiro atoms. The molecule has 0 amide bonds. The zero-order chi connectivity index (χ0) is 15.1. The second-order valence-electron chi connectivity index (χ2n) is 5.37. The number of para-hydroxylation sites is 1. The van der Waals surface area contributed by atoms with E-state index in [-0.39, 0.29) is 12.1 Å². The Morgan fingerprint density at radius 1 is 1.24 bits per heavy atom. The molecule has 0 aliphatic heterocycles. The van der Waals surface area contributed by atoms with E-state index in [1.807, 2.05) is 30.5 Å². The summed E-state index contributed by atoms with van der Waals surface area (Å²) in [6.07, 6.45) is 0. The highest BCUT2D eigenvalue weighted by molar-refractivity contribution is 7.10. The average molecular weight is 321 g/mol. The van der Waals surface area contributed by atoms with Crippen LogP contribution in [0.25, 0.3) is 22.6 Å². The van der Waals surface area contributed by atoms with Crippen LogP contribution in [0.2, 0.25) is 5.02 Å². The van der Waals surface area contributed by atoms with E-state index in [1.54, 1.807) is 11.3 Å². The molecule has 0 aliphatic carbocycles. The molecule has 1 unspecified atom stereocenters. The average Bonchev–Trinajstić information content (AvgIpc) is 3.03. The maximum Gasteiger partial charge on any atom is 0.160 e. The van der Waals surface area contributed by atoms with Crippen molar-refractivity contribution >= 4 is 34.0 Å². The van der Waals surface area contributed by atoms with Crippen LogP contribution >= 0.6 is 22.9 Å². The fraction of sp³-hybridized carbons (Fsp3) is 0.333. The van der Waals surface area contributed by atoms with Gasteiger partial charge < -0.3 is 10.3 Å². The Labute approximate surface area is 132 Å². The van der Waals surface area contributed by atoms with Crippen molar-refractivity contribution in [2.24, 2.45) is 5.73 Å². The van der Waals surface area contributed by atoms with Gasteiger partial charge in [-0.05, 0) is 32.9 Å². The van der Waals surface area contributed by atoms with Gasteiger partial charge in [-0.15, -0.1) is 11.3 Å². The molecule has 3 aromatic rings. The zero-order valence-electron chi connectivity index (χ0n) is 12.2. The quantitative estimate of drug-likeness (QED) is 0.777. The SMILES string of the molecule is CC(N)c1nc(-c2nc3cccc(Cl)c3n2C(C)C)cs1. The van der Waals surface area contributed by atoms with Gasteiger partial charge in [0.1, 0.15) is 10.7 Å². The number of halogens is 1. The molecule has 0 aliphatic rings. The third kappa shape index (κ3) is 2.46. The smallest absolute Gasteiger partial charge is 0.160 e. The van der Waals surface area contributed by atoms with E-state index in [0.717, 1.165) is 27.6 Å². The lowest BCUT2D eigenvalue weighted by Crippen LogP contribution is -2.06.